The molecule has 0 aromatic heterocycles. The van der Waals surface area contributed by atoms with Gasteiger partial charge in [-0.3, -0.25) is 20.3 Å². The molecule has 4 aliphatic heterocycles. The highest BCUT2D eigenvalue weighted by molar-refractivity contribution is 8.00. The monoisotopic (exact) mass is 660 g/mol. The third kappa shape index (κ3) is 6.93. The number of nitriles is 1. The molecule has 7 atom stereocenters. The first-order valence-corrected chi connectivity index (χ1v) is 19.6. The van der Waals surface area contributed by atoms with Gasteiger partial charge in [-0.25, -0.2) is 0 Å². The second-order valence-electron chi connectivity index (χ2n) is 15.4. The summed E-state index contributed by atoms with van der Waals surface area (Å²) in [5.41, 5.74) is 3.04. The highest BCUT2D eigenvalue weighted by Crippen LogP contribution is 2.51. The lowest BCUT2D eigenvalue weighted by atomic mass is 9.71. The largest absolute Gasteiger partial charge is 0.345 e. The summed E-state index contributed by atoms with van der Waals surface area (Å²) in [6.07, 6.45) is 16.5. The number of likely N-dealkylation sites (tertiary alicyclic amines) is 1. The van der Waals surface area contributed by atoms with E-state index in [1.54, 1.807) is 0 Å². The van der Waals surface area contributed by atoms with E-state index in [2.05, 4.69) is 76.2 Å². The van der Waals surface area contributed by atoms with Gasteiger partial charge in [0.05, 0.1) is 31.3 Å². The molecule has 1 amide bonds. The fourth-order valence-corrected chi connectivity index (χ4v) is 11.5. The quantitative estimate of drug-likeness (QED) is 0.303. The number of likely N-dealkylation sites (N-methyl/N-ethyl adjacent to an activating group) is 1. The van der Waals surface area contributed by atoms with Crippen molar-refractivity contribution in [2.45, 2.75) is 124 Å². The summed E-state index contributed by atoms with van der Waals surface area (Å²) in [6.45, 7) is 7.76. The molecular formula is C38H56N6O2S. The SMILES string of the molecule is C=CC(=O)N1CCN(C2NC(OCC3CCCN3C)(C3CCCCCC3)NC3C[C@@]4(CCC32)Cc2ccccc2CS4)CC1CC#N. The van der Waals surface area contributed by atoms with E-state index in [0.717, 1.165) is 44.7 Å². The normalized spacial score (nSPS) is 37.1. The Morgan fingerprint density at radius 2 is 1.87 bits per heavy atom. The van der Waals surface area contributed by atoms with Crippen LogP contribution in [-0.2, 0) is 21.7 Å². The zero-order chi connectivity index (χ0) is 32.4. The number of benzene rings is 1. The summed E-state index contributed by atoms with van der Waals surface area (Å²) in [6, 6.07) is 12.1. The first kappa shape index (κ1) is 33.6. The van der Waals surface area contributed by atoms with E-state index in [1.807, 2.05) is 4.90 Å². The molecule has 6 unspecified atom stereocenters. The molecule has 6 aliphatic rings. The third-order valence-electron chi connectivity index (χ3n) is 12.7. The lowest BCUT2D eigenvalue weighted by Gasteiger charge is -2.60. The van der Waals surface area contributed by atoms with E-state index in [1.165, 1.54) is 75.0 Å². The van der Waals surface area contributed by atoms with Gasteiger partial charge in [0, 0.05) is 54.1 Å². The smallest absolute Gasteiger partial charge is 0.246 e. The number of fused-ring (bicyclic) bond motifs is 2. The Hall–Kier alpha value is -1.93. The van der Waals surface area contributed by atoms with Gasteiger partial charge in [-0.1, -0.05) is 56.5 Å². The van der Waals surface area contributed by atoms with Crippen LogP contribution in [0.5, 0.6) is 0 Å². The summed E-state index contributed by atoms with van der Waals surface area (Å²) in [5, 5.41) is 18.4. The zero-order valence-electron chi connectivity index (χ0n) is 28.5. The number of hydrogen-bond donors (Lipinski definition) is 2. The number of piperazine rings is 1. The van der Waals surface area contributed by atoms with Gasteiger partial charge < -0.3 is 14.5 Å². The van der Waals surface area contributed by atoms with E-state index >= 15 is 0 Å². The minimum atomic E-state index is -0.589. The van der Waals surface area contributed by atoms with Gasteiger partial charge in [0.25, 0.3) is 0 Å². The van der Waals surface area contributed by atoms with Crippen LogP contribution in [0.3, 0.4) is 0 Å². The van der Waals surface area contributed by atoms with E-state index < -0.39 is 5.85 Å². The van der Waals surface area contributed by atoms with Crippen molar-refractivity contribution < 1.29 is 9.53 Å². The van der Waals surface area contributed by atoms with Crippen molar-refractivity contribution in [1.29, 1.82) is 5.26 Å². The number of carbonyl (C=O) groups excluding carboxylic acids is 1. The Morgan fingerprint density at radius 3 is 2.62 bits per heavy atom. The molecule has 1 aromatic rings. The number of carbonyl (C=O) groups is 1. The number of nitrogens with zero attached hydrogens (tertiary/aromatic N) is 4. The maximum Gasteiger partial charge on any atom is 0.246 e. The number of thioether (sulfide) groups is 1. The predicted molar refractivity (Wildman–Crippen MR) is 188 cm³/mol. The van der Waals surface area contributed by atoms with Gasteiger partial charge in [-0.15, -0.1) is 11.8 Å². The minimum Gasteiger partial charge on any atom is -0.345 e. The van der Waals surface area contributed by atoms with Crippen LogP contribution >= 0.6 is 11.8 Å². The van der Waals surface area contributed by atoms with Gasteiger partial charge in [-0.2, -0.15) is 5.26 Å². The van der Waals surface area contributed by atoms with Crippen LogP contribution in [0.15, 0.2) is 36.9 Å². The summed E-state index contributed by atoms with van der Waals surface area (Å²) >= 11 is 2.20. The molecule has 4 heterocycles. The topological polar surface area (TPSA) is 83.9 Å². The van der Waals surface area contributed by atoms with Crippen LogP contribution in [-0.4, -0.2) is 95.3 Å². The molecule has 3 saturated heterocycles. The van der Waals surface area contributed by atoms with Gasteiger partial charge >= 0.3 is 0 Å². The number of nitrogens with one attached hydrogen (secondary N) is 2. The van der Waals surface area contributed by atoms with Crippen molar-refractivity contribution >= 4 is 17.7 Å². The summed E-state index contributed by atoms with van der Waals surface area (Å²) in [5.74, 6) is 1.28. The molecule has 5 fully saturated rings. The summed E-state index contributed by atoms with van der Waals surface area (Å²) in [4.78, 5) is 19.8. The van der Waals surface area contributed by atoms with Crippen molar-refractivity contribution in [3.05, 3.63) is 48.0 Å². The number of ether oxygens (including phenoxy) is 1. The van der Waals surface area contributed by atoms with Crippen molar-refractivity contribution in [3.8, 4) is 6.07 Å². The van der Waals surface area contributed by atoms with Gasteiger partial charge in [0.15, 0.2) is 5.85 Å². The maximum absolute atomic E-state index is 12.8. The molecule has 0 bridgehead atoms. The maximum atomic E-state index is 12.8. The highest BCUT2D eigenvalue weighted by Gasteiger charge is 2.56. The second-order valence-corrected chi connectivity index (χ2v) is 16.9. The van der Waals surface area contributed by atoms with E-state index in [-0.39, 0.29) is 22.9 Å². The third-order valence-corrected chi connectivity index (χ3v) is 14.3. The fourth-order valence-electron chi connectivity index (χ4n) is 9.98. The van der Waals surface area contributed by atoms with Crippen LogP contribution in [0.25, 0.3) is 0 Å². The van der Waals surface area contributed by atoms with Crippen molar-refractivity contribution in [2.75, 3.05) is 39.8 Å². The minimum absolute atomic E-state index is 0.0629. The van der Waals surface area contributed by atoms with Gasteiger partial charge in [-0.05, 0) is 82.2 Å². The van der Waals surface area contributed by atoms with Gasteiger partial charge in [0.1, 0.15) is 0 Å². The Kier molecular flexibility index (Phi) is 10.4. The number of rotatable bonds is 7. The molecule has 1 spiro atoms. The molecule has 9 heteroatoms. The molecule has 1 aromatic carbocycles. The fraction of sp³-hybridized carbons (Fsp3) is 0.737. The lowest BCUT2D eigenvalue weighted by Crippen LogP contribution is -2.80. The average Bonchev–Trinajstić information content (AvgIpc) is 3.31. The number of amides is 1. The van der Waals surface area contributed by atoms with Crippen LogP contribution in [0.2, 0.25) is 0 Å². The van der Waals surface area contributed by atoms with E-state index in [0.29, 0.717) is 43.4 Å². The Bertz CT molecular complexity index is 1310. The summed E-state index contributed by atoms with van der Waals surface area (Å²) in [7, 11) is 2.25. The van der Waals surface area contributed by atoms with E-state index in [9.17, 15) is 10.1 Å². The summed E-state index contributed by atoms with van der Waals surface area (Å²) < 4.78 is 7.59. The van der Waals surface area contributed by atoms with Crippen LogP contribution in [0.1, 0.15) is 88.2 Å². The first-order chi connectivity index (χ1) is 22.9. The molecule has 256 valence electrons. The first-order valence-electron chi connectivity index (χ1n) is 18.6. The molecule has 8 nitrogen and oxygen atoms in total. The Balaban J connectivity index is 1.22. The molecular weight excluding hydrogens is 605 g/mol. The highest BCUT2D eigenvalue weighted by atomic mass is 32.2. The van der Waals surface area contributed by atoms with Crippen LogP contribution < -0.4 is 10.6 Å². The molecule has 2 saturated carbocycles. The standard InChI is InChI=1S/C38H56N6O2S/c1-3-35(45)44-22-21-43(25-31(44)17-19-39)36-33-16-18-37(23-28-11-8-9-12-29(28)27-47-37)24-34(33)40-38(41-36,30-13-6-4-5-7-14-30)46-26-32-15-10-20-42(32)2/h3,8-9,11-12,30-34,36,40-41H,1,4-7,10,13-18,20-27H2,2H3/t31?,32?,33?,34?,36?,37-,38?/m1/s1. The Labute approximate surface area is 287 Å². The average molecular weight is 661 g/mol. The number of hydrogen-bond acceptors (Lipinski definition) is 8. The molecule has 47 heavy (non-hydrogen) atoms. The van der Waals surface area contributed by atoms with E-state index in [4.69, 9.17) is 4.74 Å². The molecule has 0 radical (unpaired) electrons. The van der Waals surface area contributed by atoms with Crippen molar-refractivity contribution in [3.63, 3.8) is 0 Å². The van der Waals surface area contributed by atoms with Crippen molar-refractivity contribution in [1.82, 2.24) is 25.3 Å². The molecule has 7 rings (SSSR count). The van der Waals surface area contributed by atoms with Crippen LogP contribution in [0, 0.1) is 23.2 Å². The predicted octanol–water partition coefficient (Wildman–Crippen LogP) is 5.25. The molecule has 2 N–H and O–H groups in total. The zero-order valence-corrected chi connectivity index (χ0v) is 29.3. The second kappa shape index (κ2) is 14.5. The molecule has 2 aliphatic carbocycles. The van der Waals surface area contributed by atoms with Crippen LogP contribution in [0.4, 0.5) is 0 Å². The Morgan fingerprint density at radius 1 is 1.06 bits per heavy atom. The lowest BCUT2D eigenvalue weighted by molar-refractivity contribution is -0.205. The van der Waals surface area contributed by atoms with Crippen molar-refractivity contribution in [2.24, 2.45) is 11.8 Å². The van der Waals surface area contributed by atoms with Gasteiger partial charge in [0.2, 0.25) is 5.91 Å².